The number of hydrogen-bond donors (Lipinski definition) is 0. The number of carbonyl (C=O) groups is 2. The number of esters is 2. The molecule has 0 bridgehead atoms. The van der Waals surface area contributed by atoms with Gasteiger partial charge in [0, 0.05) is 17.9 Å². The third-order valence-electron chi connectivity index (χ3n) is 3.06. The van der Waals surface area contributed by atoms with Crippen LogP contribution in [0.1, 0.15) is 51.0 Å². The number of hydrogen-bond acceptors (Lipinski definition) is 4. The fourth-order valence-electron chi connectivity index (χ4n) is 1.85. The molecular formula is C17H23ClO4. The summed E-state index contributed by atoms with van der Waals surface area (Å²) >= 11 is 5.85. The lowest BCUT2D eigenvalue weighted by atomic mass is 10.2. The Hall–Kier alpha value is -1.55. The highest BCUT2D eigenvalue weighted by atomic mass is 35.5. The SMILES string of the molecule is CCCCCOC(=O)CCCC(=O)OCc1cccc(Cl)c1. The molecule has 0 amide bonds. The van der Waals surface area contributed by atoms with Crippen LogP contribution in [0.3, 0.4) is 0 Å². The Morgan fingerprint density at radius 3 is 2.45 bits per heavy atom. The number of ether oxygens (including phenoxy) is 2. The van der Waals surface area contributed by atoms with Crippen LogP contribution in [0.2, 0.25) is 5.02 Å². The van der Waals surface area contributed by atoms with Gasteiger partial charge < -0.3 is 9.47 Å². The number of carbonyl (C=O) groups excluding carboxylic acids is 2. The Morgan fingerprint density at radius 2 is 1.77 bits per heavy atom. The van der Waals surface area contributed by atoms with Gasteiger partial charge in [-0.2, -0.15) is 0 Å². The molecule has 0 fully saturated rings. The van der Waals surface area contributed by atoms with Crippen LogP contribution in [0, 0.1) is 0 Å². The Kier molecular flexibility index (Phi) is 9.31. The summed E-state index contributed by atoms with van der Waals surface area (Å²) in [7, 11) is 0. The van der Waals surface area contributed by atoms with Gasteiger partial charge in [-0.05, 0) is 30.5 Å². The van der Waals surface area contributed by atoms with Gasteiger partial charge in [0.2, 0.25) is 0 Å². The quantitative estimate of drug-likeness (QED) is 0.475. The van der Waals surface area contributed by atoms with E-state index in [4.69, 9.17) is 21.1 Å². The molecule has 1 aromatic carbocycles. The topological polar surface area (TPSA) is 52.6 Å². The summed E-state index contributed by atoms with van der Waals surface area (Å²) in [5.41, 5.74) is 0.844. The molecule has 0 aliphatic heterocycles. The van der Waals surface area contributed by atoms with Crippen molar-refractivity contribution < 1.29 is 19.1 Å². The lowest BCUT2D eigenvalue weighted by Gasteiger charge is -2.06. The highest BCUT2D eigenvalue weighted by molar-refractivity contribution is 6.30. The van der Waals surface area contributed by atoms with Crippen LogP contribution in [0.25, 0.3) is 0 Å². The van der Waals surface area contributed by atoms with Crippen molar-refractivity contribution in [2.75, 3.05) is 6.61 Å². The Bertz CT molecular complexity index is 473. The second-order valence-corrected chi connectivity index (χ2v) is 5.51. The third kappa shape index (κ3) is 8.67. The van der Waals surface area contributed by atoms with E-state index in [1.54, 1.807) is 18.2 Å². The number of halogens is 1. The van der Waals surface area contributed by atoms with E-state index in [0.29, 0.717) is 18.1 Å². The minimum atomic E-state index is -0.321. The molecule has 0 N–H and O–H groups in total. The molecule has 22 heavy (non-hydrogen) atoms. The molecule has 0 aliphatic rings. The molecule has 4 nitrogen and oxygen atoms in total. The van der Waals surface area contributed by atoms with E-state index in [2.05, 4.69) is 6.92 Å². The fraction of sp³-hybridized carbons (Fsp3) is 0.529. The molecule has 0 spiro atoms. The molecule has 0 heterocycles. The second-order valence-electron chi connectivity index (χ2n) is 5.07. The summed E-state index contributed by atoms with van der Waals surface area (Å²) < 4.78 is 10.2. The van der Waals surface area contributed by atoms with E-state index in [1.807, 2.05) is 6.07 Å². The van der Waals surface area contributed by atoms with Crippen molar-refractivity contribution in [3.05, 3.63) is 34.9 Å². The van der Waals surface area contributed by atoms with Crippen molar-refractivity contribution in [2.24, 2.45) is 0 Å². The first-order valence-electron chi connectivity index (χ1n) is 7.67. The third-order valence-corrected chi connectivity index (χ3v) is 3.30. The molecule has 1 aromatic rings. The van der Waals surface area contributed by atoms with Gasteiger partial charge in [0.25, 0.3) is 0 Å². The van der Waals surface area contributed by atoms with Gasteiger partial charge in [-0.15, -0.1) is 0 Å². The largest absolute Gasteiger partial charge is 0.466 e. The smallest absolute Gasteiger partial charge is 0.306 e. The maximum atomic E-state index is 11.6. The van der Waals surface area contributed by atoms with E-state index < -0.39 is 0 Å². The molecule has 0 saturated carbocycles. The molecular weight excluding hydrogens is 304 g/mol. The normalized spacial score (nSPS) is 10.3. The number of unbranched alkanes of at least 4 members (excludes halogenated alkanes) is 2. The molecule has 122 valence electrons. The van der Waals surface area contributed by atoms with Gasteiger partial charge in [-0.25, -0.2) is 0 Å². The van der Waals surface area contributed by atoms with Gasteiger partial charge >= 0.3 is 11.9 Å². The zero-order valence-electron chi connectivity index (χ0n) is 13.0. The first-order chi connectivity index (χ1) is 10.6. The summed E-state index contributed by atoms with van der Waals surface area (Å²) in [5, 5.41) is 0.611. The first kappa shape index (κ1) is 18.5. The van der Waals surface area contributed by atoms with E-state index in [0.717, 1.165) is 24.8 Å². The maximum absolute atomic E-state index is 11.6. The van der Waals surface area contributed by atoms with Crippen molar-refractivity contribution in [3.8, 4) is 0 Å². The molecule has 0 atom stereocenters. The highest BCUT2D eigenvalue weighted by Gasteiger charge is 2.07. The molecule has 1 rings (SSSR count). The average Bonchev–Trinajstić information content (AvgIpc) is 2.50. The lowest BCUT2D eigenvalue weighted by Crippen LogP contribution is -2.08. The lowest BCUT2D eigenvalue weighted by molar-refractivity contribution is -0.146. The Balaban J connectivity index is 2.09. The van der Waals surface area contributed by atoms with Crippen LogP contribution >= 0.6 is 11.6 Å². The zero-order valence-corrected chi connectivity index (χ0v) is 13.7. The van der Waals surface area contributed by atoms with Crippen LogP contribution in [-0.2, 0) is 25.7 Å². The average molecular weight is 327 g/mol. The van der Waals surface area contributed by atoms with Crippen molar-refractivity contribution in [1.29, 1.82) is 0 Å². The van der Waals surface area contributed by atoms with Gasteiger partial charge in [-0.1, -0.05) is 43.5 Å². The fourth-order valence-corrected chi connectivity index (χ4v) is 2.06. The minimum absolute atomic E-state index is 0.195. The zero-order chi connectivity index (χ0) is 16.2. The molecule has 0 aliphatic carbocycles. The Morgan fingerprint density at radius 1 is 1.05 bits per heavy atom. The van der Waals surface area contributed by atoms with Gasteiger partial charge in [0.05, 0.1) is 6.61 Å². The van der Waals surface area contributed by atoms with Crippen LogP contribution < -0.4 is 0 Å². The summed E-state index contributed by atoms with van der Waals surface area (Å²) in [6.45, 7) is 2.75. The minimum Gasteiger partial charge on any atom is -0.466 e. The molecule has 5 heteroatoms. The van der Waals surface area contributed by atoms with E-state index in [9.17, 15) is 9.59 Å². The van der Waals surface area contributed by atoms with Crippen molar-refractivity contribution in [1.82, 2.24) is 0 Å². The van der Waals surface area contributed by atoms with E-state index in [1.165, 1.54) is 0 Å². The summed E-state index contributed by atoms with van der Waals surface area (Å²) in [6, 6.07) is 7.16. The molecule has 0 unspecified atom stereocenters. The van der Waals surface area contributed by atoms with Gasteiger partial charge in [-0.3, -0.25) is 9.59 Å². The second kappa shape index (κ2) is 11.1. The monoisotopic (exact) mass is 326 g/mol. The van der Waals surface area contributed by atoms with Crippen LogP contribution in [0.5, 0.6) is 0 Å². The first-order valence-corrected chi connectivity index (χ1v) is 8.05. The standard InChI is InChI=1S/C17H23ClO4/c1-2-3-4-11-21-16(19)9-6-10-17(20)22-13-14-7-5-8-15(18)12-14/h5,7-8,12H,2-4,6,9-11,13H2,1H3. The van der Waals surface area contributed by atoms with Crippen LogP contribution in [0.15, 0.2) is 24.3 Å². The van der Waals surface area contributed by atoms with Crippen LogP contribution in [-0.4, -0.2) is 18.5 Å². The predicted octanol–water partition coefficient (Wildman–Crippen LogP) is 4.29. The number of rotatable bonds is 10. The summed E-state index contributed by atoms with van der Waals surface area (Å²) in [6.07, 6.45) is 3.95. The molecule has 0 saturated heterocycles. The van der Waals surface area contributed by atoms with E-state index >= 15 is 0 Å². The van der Waals surface area contributed by atoms with Gasteiger partial charge in [0.15, 0.2) is 0 Å². The number of benzene rings is 1. The van der Waals surface area contributed by atoms with E-state index in [-0.39, 0.29) is 31.4 Å². The van der Waals surface area contributed by atoms with Crippen molar-refractivity contribution in [3.63, 3.8) is 0 Å². The van der Waals surface area contributed by atoms with Crippen molar-refractivity contribution in [2.45, 2.75) is 52.1 Å². The summed E-state index contributed by atoms with van der Waals surface area (Å²) in [5.74, 6) is -0.572. The summed E-state index contributed by atoms with van der Waals surface area (Å²) in [4.78, 5) is 23.0. The molecule has 0 aromatic heterocycles. The Labute approximate surface area is 136 Å². The van der Waals surface area contributed by atoms with Gasteiger partial charge in [0.1, 0.15) is 6.61 Å². The van der Waals surface area contributed by atoms with Crippen molar-refractivity contribution >= 4 is 23.5 Å². The van der Waals surface area contributed by atoms with Crippen LogP contribution in [0.4, 0.5) is 0 Å². The highest BCUT2D eigenvalue weighted by Crippen LogP contribution is 2.12. The molecule has 0 radical (unpaired) electrons. The predicted molar refractivity (Wildman–Crippen MR) is 85.6 cm³/mol. The maximum Gasteiger partial charge on any atom is 0.306 e.